The van der Waals surface area contributed by atoms with Crippen LogP contribution < -0.4 is 19.5 Å². The van der Waals surface area contributed by atoms with Crippen molar-refractivity contribution >= 4 is 15.9 Å². The number of rotatable bonds is 9. The topological polar surface area (TPSA) is 94.2 Å². The molecule has 9 heteroatoms. The van der Waals surface area contributed by atoms with Gasteiger partial charge in [0.15, 0.2) is 11.5 Å². The summed E-state index contributed by atoms with van der Waals surface area (Å²) in [5.41, 5.74) is 0. The fraction of sp³-hybridized carbons (Fsp3) is 0.435. The Kier molecular flexibility index (Phi) is 7.98. The monoisotopic (exact) mass is 462 g/mol. The van der Waals surface area contributed by atoms with Crippen LogP contribution in [0.5, 0.6) is 17.2 Å². The molecule has 2 aromatic carbocycles. The second kappa shape index (κ2) is 10.7. The summed E-state index contributed by atoms with van der Waals surface area (Å²) in [4.78, 5) is 12.9. The van der Waals surface area contributed by atoms with E-state index in [4.69, 9.17) is 14.2 Å². The van der Waals surface area contributed by atoms with E-state index in [1.165, 1.54) is 23.5 Å². The fourth-order valence-corrected chi connectivity index (χ4v) is 5.08. The molecule has 1 amide bonds. The van der Waals surface area contributed by atoms with Gasteiger partial charge < -0.3 is 19.5 Å². The lowest BCUT2D eigenvalue weighted by molar-refractivity contribution is -0.126. The minimum Gasteiger partial charge on any atom is -0.497 e. The minimum atomic E-state index is -3.59. The van der Waals surface area contributed by atoms with Crippen molar-refractivity contribution in [3.05, 3.63) is 48.5 Å². The number of piperidine rings is 1. The minimum absolute atomic E-state index is 0.0809. The predicted molar refractivity (Wildman–Crippen MR) is 121 cm³/mol. The molecule has 0 saturated carbocycles. The zero-order valence-corrected chi connectivity index (χ0v) is 19.4. The van der Waals surface area contributed by atoms with Crippen molar-refractivity contribution in [2.45, 2.75) is 30.7 Å². The van der Waals surface area contributed by atoms with Gasteiger partial charge in [0.1, 0.15) is 12.4 Å². The molecule has 0 radical (unpaired) electrons. The summed E-state index contributed by atoms with van der Waals surface area (Å²) >= 11 is 0. The number of amides is 1. The van der Waals surface area contributed by atoms with Gasteiger partial charge in [0, 0.05) is 19.0 Å². The second-order valence-electron chi connectivity index (χ2n) is 7.73. The third-order valence-electron chi connectivity index (χ3n) is 5.47. The average Bonchev–Trinajstić information content (AvgIpc) is 2.83. The SMILES string of the molecule is COc1ccc(S(=O)(=O)N2CCC(C(=O)N[C@@H](C)COc3ccccc3OC)CC2)cc1. The number of para-hydroxylation sites is 2. The molecule has 0 bridgehead atoms. The predicted octanol–water partition coefficient (Wildman–Crippen LogP) is 2.69. The summed E-state index contributed by atoms with van der Waals surface area (Å²) < 4.78 is 43.3. The first-order chi connectivity index (χ1) is 15.3. The van der Waals surface area contributed by atoms with E-state index in [2.05, 4.69) is 5.32 Å². The Hall–Kier alpha value is -2.78. The maximum absolute atomic E-state index is 12.9. The molecule has 1 heterocycles. The van der Waals surface area contributed by atoms with Crippen LogP contribution in [-0.4, -0.2) is 58.6 Å². The van der Waals surface area contributed by atoms with Gasteiger partial charge in [-0.15, -0.1) is 0 Å². The molecule has 0 aromatic heterocycles. The molecule has 0 unspecified atom stereocenters. The first-order valence-electron chi connectivity index (χ1n) is 10.6. The average molecular weight is 463 g/mol. The summed E-state index contributed by atoms with van der Waals surface area (Å²) in [7, 11) is -0.480. The smallest absolute Gasteiger partial charge is 0.243 e. The zero-order chi connectivity index (χ0) is 23.1. The third-order valence-corrected chi connectivity index (χ3v) is 7.38. The first-order valence-corrected chi connectivity index (χ1v) is 12.0. The van der Waals surface area contributed by atoms with Crippen LogP contribution in [0.4, 0.5) is 0 Å². The number of hydrogen-bond donors (Lipinski definition) is 1. The normalized spacial score (nSPS) is 16.2. The summed E-state index contributed by atoms with van der Waals surface area (Å²) in [6.45, 7) is 2.78. The summed E-state index contributed by atoms with van der Waals surface area (Å²) in [6, 6.07) is 13.5. The number of hydrogen-bond acceptors (Lipinski definition) is 6. The lowest BCUT2D eigenvalue weighted by atomic mass is 9.97. The van der Waals surface area contributed by atoms with Crippen molar-refractivity contribution in [2.75, 3.05) is 33.9 Å². The first kappa shape index (κ1) is 23.9. The van der Waals surface area contributed by atoms with Gasteiger partial charge in [-0.05, 0) is 56.2 Å². The number of nitrogens with zero attached hydrogens (tertiary/aromatic N) is 1. The highest BCUT2D eigenvalue weighted by Crippen LogP contribution is 2.27. The maximum atomic E-state index is 12.9. The number of ether oxygens (including phenoxy) is 3. The summed E-state index contributed by atoms with van der Waals surface area (Å²) in [6.07, 6.45) is 0.947. The molecule has 1 aliphatic rings. The Labute approximate surface area is 189 Å². The number of carbonyl (C=O) groups excluding carboxylic acids is 1. The van der Waals surface area contributed by atoms with Crippen LogP contribution in [0.15, 0.2) is 53.4 Å². The Morgan fingerprint density at radius 2 is 1.66 bits per heavy atom. The molecule has 2 aromatic rings. The van der Waals surface area contributed by atoms with Crippen molar-refractivity contribution < 1.29 is 27.4 Å². The van der Waals surface area contributed by atoms with E-state index in [-0.39, 0.29) is 22.8 Å². The van der Waals surface area contributed by atoms with Crippen LogP contribution >= 0.6 is 0 Å². The van der Waals surface area contributed by atoms with Gasteiger partial charge in [-0.1, -0.05) is 12.1 Å². The van der Waals surface area contributed by atoms with Gasteiger partial charge >= 0.3 is 0 Å². The van der Waals surface area contributed by atoms with Crippen molar-refractivity contribution in [3.8, 4) is 17.2 Å². The van der Waals surface area contributed by atoms with E-state index < -0.39 is 10.0 Å². The Morgan fingerprint density at radius 1 is 1.03 bits per heavy atom. The molecule has 3 rings (SSSR count). The molecule has 1 N–H and O–H groups in total. The molecule has 1 fully saturated rings. The fourth-order valence-electron chi connectivity index (χ4n) is 3.61. The molecule has 1 atom stereocenters. The standard InChI is InChI=1S/C23H30N2O6S/c1-17(16-31-22-7-5-4-6-21(22)30-3)24-23(26)18-12-14-25(15-13-18)32(27,28)20-10-8-19(29-2)9-11-20/h4-11,17-18H,12-16H2,1-3H3,(H,24,26)/t17-/m0/s1. The zero-order valence-electron chi connectivity index (χ0n) is 18.6. The van der Waals surface area contributed by atoms with Gasteiger partial charge in [0.05, 0.1) is 25.2 Å². The van der Waals surface area contributed by atoms with Gasteiger partial charge in [0.2, 0.25) is 15.9 Å². The lowest BCUT2D eigenvalue weighted by Gasteiger charge is -2.31. The molecule has 174 valence electrons. The molecule has 0 spiro atoms. The van der Waals surface area contributed by atoms with Crippen molar-refractivity contribution in [1.29, 1.82) is 0 Å². The Morgan fingerprint density at radius 3 is 2.25 bits per heavy atom. The molecule has 8 nitrogen and oxygen atoms in total. The highest BCUT2D eigenvalue weighted by atomic mass is 32.2. The molecule has 1 saturated heterocycles. The van der Waals surface area contributed by atoms with Gasteiger partial charge in [0.25, 0.3) is 0 Å². The Balaban J connectivity index is 1.49. The molecule has 32 heavy (non-hydrogen) atoms. The van der Waals surface area contributed by atoms with Crippen molar-refractivity contribution in [2.24, 2.45) is 5.92 Å². The molecule has 0 aliphatic carbocycles. The van der Waals surface area contributed by atoms with E-state index >= 15 is 0 Å². The van der Waals surface area contributed by atoms with Crippen LogP contribution in [0.25, 0.3) is 0 Å². The van der Waals surface area contributed by atoms with Gasteiger partial charge in [-0.2, -0.15) is 4.31 Å². The number of carbonyl (C=O) groups is 1. The highest BCUT2D eigenvalue weighted by Gasteiger charge is 2.32. The van der Waals surface area contributed by atoms with Crippen LogP contribution in [0.1, 0.15) is 19.8 Å². The Bertz CT molecular complexity index is 1000. The van der Waals surface area contributed by atoms with E-state index in [0.717, 1.165) is 0 Å². The molecular formula is C23H30N2O6S. The number of benzene rings is 2. The second-order valence-corrected chi connectivity index (χ2v) is 9.66. The van der Waals surface area contributed by atoms with Gasteiger partial charge in [-0.3, -0.25) is 4.79 Å². The third kappa shape index (κ3) is 5.72. The van der Waals surface area contributed by atoms with E-state index in [1.807, 2.05) is 31.2 Å². The number of nitrogens with one attached hydrogen (secondary N) is 1. The number of sulfonamides is 1. The quantitative estimate of drug-likeness (QED) is 0.616. The van der Waals surface area contributed by atoms with Crippen molar-refractivity contribution in [3.63, 3.8) is 0 Å². The van der Waals surface area contributed by atoms with E-state index in [0.29, 0.717) is 49.8 Å². The van der Waals surface area contributed by atoms with Crippen LogP contribution in [0.3, 0.4) is 0 Å². The van der Waals surface area contributed by atoms with E-state index in [9.17, 15) is 13.2 Å². The highest BCUT2D eigenvalue weighted by molar-refractivity contribution is 7.89. The van der Waals surface area contributed by atoms with Crippen molar-refractivity contribution in [1.82, 2.24) is 9.62 Å². The van der Waals surface area contributed by atoms with E-state index in [1.54, 1.807) is 19.2 Å². The maximum Gasteiger partial charge on any atom is 0.243 e. The van der Waals surface area contributed by atoms with Crippen LogP contribution in [-0.2, 0) is 14.8 Å². The van der Waals surface area contributed by atoms with Gasteiger partial charge in [-0.25, -0.2) is 8.42 Å². The molecule has 1 aliphatic heterocycles. The van der Waals surface area contributed by atoms with Crippen LogP contribution in [0.2, 0.25) is 0 Å². The largest absolute Gasteiger partial charge is 0.497 e. The molecular weight excluding hydrogens is 432 g/mol. The number of methoxy groups -OCH3 is 2. The summed E-state index contributed by atoms with van der Waals surface area (Å²) in [5, 5.41) is 2.97. The summed E-state index contributed by atoms with van der Waals surface area (Å²) in [5.74, 6) is 1.54. The lowest BCUT2D eigenvalue weighted by Crippen LogP contribution is -2.45. The van der Waals surface area contributed by atoms with Crippen LogP contribution in [0, 0.1) is 5.92 Å².